The predicted molar refractivity (Wildman–Crippen MR) is 119 cm³/mol. The summed E-state index contributed by atoms with van der Waals surface area (Å²) in [5.41, 5.74) is 2.45. The SMILES string of the molecule is Cc1ccc(-c2ccc(=O)n(Cc3ccc(Cl)cc3)n2)cc1S(=O)(=O)N1CCOCC1. The fourth-order valence-electron chi connectivity index (χ4n) is 3.44. The number of sulfonamides is 1. The van der Waals surface area contributed by atoms with Crippen LogP contribution in [0.5, 0.6) is 0 Å². The van der Waals surface area contributed by atoms with E-state index < -0.39 is 10.0 Å². The van der Waals surface area contributed by atoms with Gasteiger partial charge in [0.05, 0.1) is 30.3 Å². The Hall–Kier alpha value is -2.52. The zero-order chi connectivity index (χ0) is 22.0. The zero-order valence-electron chi connectivity index (χ0n) is 17.0. The van der Waals surface area contributed by atoms with Crippen LogP contribution in [0.4, 0.5) is 0 Å². The predicted octanol–water partition coefficient (Wildman–Crippen LogP) is 2.94. The van der Waals surface area contributed by atoms with Crippen LogP contribution in [0.15, 0.2) is 64.3 Å². The second kappa shape index (κ2) is 8.92. The molecule has 4 rings (SSSR count). The largest absolute Gasteiger partial charge is 0.379 e. The number of halogens is 1. The highest BCUT2D eigenvalue weighted by Crippen LogP contribution is 2.26. The highest BCUT2D eigenvalue weighted by molar-refractivity contribution is 7.89. The van der Waals surface area contributed by atoms with E-state index in [1.165, 1.54) is 15.1 Å². The van der Waals surface area contributed by atoms with Crippen LogP contribution in [-0.2, 0) is 21.3 Å². The van der Waals surface area contributed by atoms with E-state index in [9.17, 15) is 13.2 Å². The first-order valence-electron chi connectivity index (χ1n) is 9.86. The van der Waals surface area contributed by atoms with Gasteiger partial charge in [-0.05, 0) is 42.3 Å². The summed E-state index contributed by atoms with van der Waals surface area (Å²) >= 11 is 5.93. The number of nitrogens with zero attached hydrogens (tertiary/aromatic N) is 3. The molecule has 7 nitrogen and oxygen atoms in total. The fraction of sp³-hybridized carbons (Fsp3) is 0.273. The van der Waals surface area contributed by atoms with Gasteiger partial charge < -0.3 is 4.74 Å². The van der Waals surface area contributed by atoms with E-state index in [1.54, 1.807) is 37.3 Å². The van der Waals surface area contributed by atoms with Crippen LogP contribution in [0.1, 0.15) is 11.1 Å². The van der Waals surface area contributed by atoms with E-state index in [-0.39, 0.29) is 17.0 Å². The van der Waals surface area contributed by atoms with Crippen LogP contribution in [0, 0.1) is 6.92 Å². The van der Waals surface area contributed by atoms with Crippen LogP contribution in [0.25, 0.3) is 11.3 Å². The third kappa shape index (κ3) is 4.72. The number of rotatable bonds is 5. The van der Waals surface area contributed by atoms with E-state index in [2.05, 4.69) is 5.10 Å². The molecule has 0 atom stereocenters. The van der Waals surface area contributed by atoms with Crippen molar-refractivity contribution >= 4 is 21.6 Å². The third-order valence-corrected chi connectivity index (χ3v) is 7.48. The van der Waals surface area contributed by atoms with E-state index in [0.717, 1.165) is 5.56 Å². The Morgan fingerprint density at radius 3 is 2.45 bits per heavy atom. The normalized spacial score (nSPS) is 15.2. The Morgan fingerprint density at radius 1 is 1.03 bits per heavy atom. The Balaban J connectivity index is 1.69. The molecule has 1 fully saturated rings. The maximum Gasteiger partial charge on any atom is 0.267 e. The second-order valence-electron chi connectivity index (χ2n) is 7.34. The summed E-state index contributed by atoms with van der Waals surface area (Å²) in [7, 11) is -3.65. The summed E-state index contributed by atoms with van der Waals surface area (Å²) < 4.78 is 34.4. The molecule has 31 heavy (non-hydrogen) atoms. The number of hydrogen-bond acceptors (Lipinski definition) is 5. The molecule has 0 unspecified atom stereocenters. The van der Waals surface area contributed by atoms with Crippen molar-refractivity contribution in [3.8, 4) is 11.3 Å². The van der Waals surface area contributed by atoms with Gasteiger partial charge in [0.2, 0.25) is 10.0 Å². The molecule has 0 N–H and O–H groups in total. The summed E-state index contributed by atoms with van der Waals surface area (Å²) in [5, 5.41) is 5.09. The molecule has 1 aliphatic rings. The number of morpholine rings is 1. The lowest BCUT2D eigenvalue weighted by atomic mass is 10.1. The van der Waals surface area contributed by atoms with Crippen LogP contribution in [-0.4, -0.2) is 48.8 Å². The summed E-state index contributed by atoms with van der Waals surface area (Å²) in [6.45, 7) is 3.48. The highest BCUT2D eigenvalue weighted by Gasteiger charge is 2.28. The molecule has 1 saturated heterocycles. The van der Waals surface area contributed by atoms with Gasteiger partial charge in [0, 0.05) is 29.7 Å². The number of benzene rings is 2. The second-order valence-corrected chi connectivity index (χ2v) is 9.68. The zero-order valence-corrected chi connectivity index (χ0v) is 18.6. The van der Waals surface area contributed by atoms with Crippen molar-refractivity contribution in [3.63, 3.8) is 0 Å². The summed E-state index contributed by atoms with van der Waals surface area (Å²) in [6, 6.07) is 15.4. The van der Waals surface area contributed by atoms with Crippen molar-refractivity contribution in [2.75, 3.05) is 26.3 Å². The van der Waals surface area contributed by atoms with Gasteiger partial charge in [-0.3, -0.25) is 4.79 Å². The van der Waals surface area contributed by atoms with Crippen molar-refractivity contribution in [1.29, 1.82) is 0 Å². The van der Waals surface area contributed by atoms with E-state index >= 15 is 0 Å². The topological polar surface area (TPSA) is 81.5 Å². The Morgan fingerprint density at radius 2 is 1.74 bits per heavy atom. The molecule has 2 aromatic carbocycles. The van der Waals surface area contributed by atoms with Gasteiger partial charge in [0.15, 0.2) is 0 Å². The molecule has 1 aromatic heterocycles. The van der Waals surface area contributed by atoms with Crippen LogP contribution in [0.2, 0.25) is 5.02 Å². The number of aryl methyl sites for hydroxylation is 1. The molecule has 0 radical (unpaired) electrons. The van der Waals surface area contributed by atoms with Crippen molar-refractivity contribution in [2.45, 2.75) is 18.4 Å². The lowest BCUT2D eigenvalue weighted by molar-refractivity contribution is 0.0730. The number of ether oxygens (including phenoxy) is 1. The Bertz CT molecular complexity index is 1250. The molecular weight excluding hydrogens is 438 g/mol. The number of hydrogen-bond donors (Lipinski definition) is 0. The highest BCUT2D eigenvalue weighted by atomic mass is 35.5. The molecule has 0 spiro atoms. The molecule has 0 saturated carbocycles. The van der Waals surface area contributed by atoms with Crippen molar-refractivity contribution in [2.24, 2.45) is 0 Å². The van der Waals surface area contributed by atoms with Gasteiger partial charge >= 0.3 is 0 Å². The van der Waals surface area contributed by atoms with Crippen LogP contribution >= 0.6 is 11.6 Å². The first-order valence-corrected chi connectivity index (χ1v) is 11.7. The lowest BCUT2D eigenvalue weighted by Gasteiger charge is -2.26. The van der Waals surface area contributed by atoms with E-state index in [0.29, 0.717) is 48.1 Å². The van der Waals surface area contributed by atoms with E-state index in [4.69, 9.17) is 16.3 Å². The summed E-state index contributed by atoms with van der Waals surface area (Å²) in [6.07, 6.45) is 0. The van der Waals surface area contributed by atoms with Crippen molar-refractivity contribution < 1.29 is 13.2 Å². The van der Waals surface area contributed by atoms with Gasteiger partial charge in [-0.15, -0.1) is 0 Å². The maximum absolute atomic E-state index is 13.2. The van der Waals surface area contributed by atoms with E-state index in [1.807, 2.05) is 18.2 Å². The standard InChI is InChI=1S/C22H22ClN3O4S/c1-16-2-5-18(14-21(16)31(28,29)25-10-12-30-13-11-25)20-8-9-22(27)26(24-20)15-17-3-6-19(23)7-4-17/h2-9,14H,10-13,15H2,1H3. The monoisotopic (exact) mass is 459 g/mol. The first kappa shape index (κ1) is 21.7. The fourth-order valence-corrected chi connectivity index (χ4v) is 5.23. The summed E-state index contributed by atoms with van der Waals surface area (Å²) in [5.74, 6) is 0. The molecule has 162 valence electrons. The maximum atomic E-state index is 13.2. The minimum atomic E-state index is -3.65. The quantitative estimate of drug-likeness (QED) is 0.586. The summed E-state index contributed by atoms with van der Waals surface area (Å²) in [4.78, 5) is 12.6. The molecule has 9 heteroatoms. The first-order chi connectivity index (χ1) is 14.8. The molecule has 0 bridgehead atoms. The minimum Gasteiger partial charge on any atom is -0.379 e. The van der Waals surface area contributed by atoms with Gasteiger partial charge in [-0.2, -0.15) is 9.40 Å². The molecule has 2 heterocycles. The molecule has 1 aliphatic heterocycles. The smallest absolute Gasteiger partial charge is 0.267 e. The van der Waals surface area contributed by atoms with Crippen LogP contribution < -0.4 is 5.56 Å². The average molecular weight is 460 g/mol. The average Bonchev–Trinajstić information content (AvgIpc) is 2.77. The third-order valence-electron chi connectivity index (χ3n) is 5.18. The molecule has 0 aliphatic carbocycles. The van der Waals surface area contributed by atoms with Crippen molar-refractivity contribution in [3.05, 3.63) is 81.1 Å². The molecular formula is C22H22ClN3O4S. The van der Waals surface area contributed by atoms with Crippen molar-refractivity contribution in [1.82, 2.24) is 14.1 Å². The van der Waals surface area contributed by atoms with Gasteiger partial charge in [-0.25, -0.2) is 13.1 Å². The lowest BCUT2D eigenvalue weighted by Crippen LogP contribution is -2.40. The van der Waals surface area contributed by atoms with Gasteiger partial charge in [0.1, 0.15) is 0 Å². The van der Waals surface area contributed by atoms with Gasteiger partial charge in [0.25, 0.3) is 5.56 Å². The van der Waals surface area contributed by atoms with Crippen LogP contribution in [0.3, 0.4) is 0 Å². The molecule has 0 amide bonds. The Kier molecular flexibility index (Phi) is 6.24. The molecule has 3 aromatic rings. The Labute approximate surface area is 185 Å². The minimum absolute atomic E-state index is 0.240. The van der Waals surface area contributed by atoms with Gasteiger partial charge in [-0.1, -0.05) is 35.9 Å². The number of aromatic nitrogens is 2.